The maximum atomic E-state index is 14.1. The van der Waals surface area contributed by atoms with E-state index < -0.39 is 53.9 Å². The number of allylic oxidation sites excluding steroid dienone is 2. The number of hydrogen-bond donors (Lipinski definition) is 3. The number of nitrogens with zero attached hydrogens (tertiary/aromatic N) is 2. The molecule has 1 aromatic rings. The molecule has 0 aliphatic carbocycles. The summed E-state index contributed by atoms with van der Waals surface area (Å²) < 4.78 is 25.0. The molecule has 11 nitrogen and oxygen atoms in total. The van der Waals surface area contributed by atoms with E-state index in [1.807, 2.05) is 0 Å². The second-order valence-corrected chi connectivity index (χ2v) is 10.8. The van der Waals surface area contributed by atoms with Crippen LogP contribution in [0.1, 0.15) is 58.6 Å². The number of benzene rings is 1. The number of ketones is 1. The highest BCUT2D eigenvalue weighted by Crippen LogP contribution is 2.28. The number of amides is 3. The molecular weight excluding hydrogens is 511 g/mol. The molecule has 0 radical (unpaired) electrons. The maximum absolute atomic E-state index is 14.1. The lowest BCUT2D eigenvalue weighted by Gasteiger charge is -2.30. The molecule has 0 bridgehead atoms. The van der Waals surface area contributed by atoms with E-state index in [1.165, 1.54) is 15.9 Å². The van der Waals surface area contributed by atoms with Crippen LogP contribution in [0.4, 0.5) is 14.0 Å². The van der Waals surface area contributed by atoms with Crippen LogP contribution in [0, 0.1) is 5.82 Å². The number of nitrogens with one attached hydrogen (secondary N) is 1. The molecule has 4 atom stereocenters. The standard InChI is InChI=1S/C27H37FN4O7/c1-6-15(2)22(33)11-20(30-25(36)39-27(3,4)5)24(35)32-13-17(10-21(32)23(29)34)38-26(37)31-12-16-8-7-9-19(28)18(16)14-31/h6-9,17,20-21,23,34H,10-14,29H2,1-5H3,(H,30,36)/b15-6+/t17?,20-,21?,23?/m0/s1. The predicted molar refractivity (Wildman–Crippen MR) is 138 cm³/mol. The molecule has 2 aliphatic rings. The van der Waals surface area contributed by atoms with Crippen LogP contribution in [0.15, 0.2) is 29.8 Å². The third kappa shape index (κ3) is 7.54. The maximum Gasteiger partial charge on any atom is 0.410 e. The fourth-order valence-electron chi connectivity index (χ4n) is 4.57. The van der Waals surface area contributed by atoms with Crippen LogP contribution in [0.25, 0.3) is 0 Å². The van der Waals surface area contributed by atoms with Gasteiger partial charge in [0.15, 0.2) is 5.78 Å². The average Bonchev–Trinajstić information content (AvgIpc) is 3.47. The fourth-order valence-corrected chi connectivity index (χ4v) is 4.57. The van der Waals surface area contributed by atoms with Gasteiger partial charge in [-0.15, -0.1) is 0 Å². The number of aliphatic hydroxyl groups excluding tert-OH is 1. The first kappa shape index (κ1) is 30.0. The Bertz CT molecular complexity index is 1150. The minimum Gasteiger partial charge on any atom is -0.444 e. The predicted octanol–water partition coefficient (Wildman–Crippen LogP) is 2.34. The van der Waals surface area contributed by atoms with Gasteiger partial charge in [-0.3, -0.25) is 14.5 Å². The summed E-state index contributed by atoms with van der Waals surface area (Å²) in [5.74, 6) is -1.44. The van der Waals surface area contributed by atoms with Gasteiger partial charge >= 0.3 is 12.2 Å². The van der Waals surface area contributed by atoms with Gasteiger partial charge in [0.2, 0.25) is 5.91 Å². The third-order valence-corrected chi connectivity index (χ3v) is 6.69. The zero-order chi connectivity index (χ0) is 29.1. The van der Waals surface area contributed by atoms with E-state index in [4.69, 9.17) is 15.2 Å². The van der Waals surface area contributed by atoms with E-state index in [1.54, 1.807) is 52.8 Å². The Morgan fingerprint density at radius 3 is 2.54 bits per heavy atom. The number of alkyl carbamates (subject to hydrolysis) is 1. The number of aliphatic hydroxyl groups is 1. The van der Waals surface area contributed by atoms with Crippen molar-refractivity contribution in [3.8, 4) is 0 Å². The number of rotatable bonds is 7. The number of nitrogens with two attached hydrogens (primary N) is 1. The fraction of sp³-hybridized carbons (Fsp3) is 0.556. The topological polar surface area (TPSA) is 151 Å². The zero-order valence-corrected chi connectivity index (χ0v) is 22.9. The monoisotopic (exact) mass is 548 g/mol. The number of fused-ring (bicyclic) bond motifs is 1. The van der Waals surface area contributed by atoms with E-state index in [9.17, 15) is 28.7 Å². The SMILES string of the molecule is C/C=C(\C)C(=O)C[C@H](NC(=O)OC(C)(C)C)C(=O)N1CC(OC(=O)N2Cc3cccc(F)c3C2)CC1C(N)O. The largest absolute Gasteiger partial charge is 0.444 e. The van der Waals surface area contributed by atoms with Gasteiger partial charge in [-0.1, -0.05) is 18.2 Å². The molecule has 3 rings (SSSR count). The minimum atomic E-state index is -1.47. The van der Waals surface area contributed by atoms with Crippen LogP contribution in [0.5, 0.6) is 0 Å². The molecule has 0 saturated carbocycles. The molecule has 3 amide bonds. The molecular formula is C27H37FN4O7. The van der Waals surface area contributed by atoms with Crippen molar-refractivity contribution in [1.82, 2.24) is 15.1 Å². The zero-order valence-electron chi connectivity index (χ0n) is 22.9. The summed E-state index contributed by atoms with van der Waals surface area (Å²) in [5.41, 5.74) is 6.42. The van der Waals surface area contributed by atoms with E-state index in [-0.39, 0.29) is 38.3 Å². The lowest BCUT2D eigenvalue weighted by Crippen LogP contribution is -2.55. The van der Waals surface area contributed by atoms with Crippen LogP contribution in [0.2, 0.25) is 0 Å². The van der Waals surface area contributed by atoms with Crippen molar-refractivity contribution in [3.63, 3.8) is 0 Å². The third-order valence-electron chi connectivity index (χ3n) is 6.69. The van der Waals surface area contributed by atoms with Crippen molar-refractivity contribution in [2.45, 2.75) is 90.6 Å². The molecule has 1 saturated heterocycles. The molecule has 3 unspecified atom stereocenters. The number of hydrogen-bond acceptors (Lipinski definition) is 8. The van der Waals surface area contributed by atoms with Gasteiger partial charge in [0.1, 0.15) is 29.8 Å². The van der Waals surface area contributed by atoms with Crippen LogP contribution < -0.4 is 11.1 Å². The molecule has 214 valence electrons. The Balaban J connectivity index is 1.73. The van der Waals surface area contributed by atoms with Gasteiger partial charge in [-0.05, 0) is 51.8 Å². The van der Waals surface area contributed by atoms with Crippen LogP contribution in [0.3, 0.4) is 0 Å². The van der Waals surface area contributed by atoms with Crippen molar-refractivity contribution in [1.29, 1.82) is 0 Å². The van der Waals surface area contributed by atoms with Gasteiger partial charge in [0, 0.05) is 24.9 Å². The first-order valence-electron chi connectivity index (χ1n) is 12.8. The first-order chi connectivity index (χ1) is 18.2. The van der Waals surface area contributed by atoms with Crippen LogP contribution in [-0.2, 0) is 32.2 Å². The number of likely N-dealkylation sites (tertiary alicyclic amines) is 1. The molecule has 0 spiro atoms. The highest BCUT2D eigenvalue weighted by Gasteiger charge is 2.43. The number of Topliss-reactive ketones (excluding diaryl/α,β-unsaturated/α-hetero) is 1. The Morgan fingerprint density at radius 2 is 1.95 bits per heavy atom. The highest BCUT2D eigenvalue weighted by atomic mass is 19.1. The van der Waals surface area contributed by atoms with E-state index >= 15 is 0 Å². The molecule has 0 aromatic heterocycles. The Labute approximate surface area is 227 Å². The Hall–Kier alpha value is -3.51. The summed E-state index contributed by atoms with van der Waals surface area (Å²) in [4.78, 5) is 54.2. The van der Waals surface area contributed by atoms with Crippen molar-refractivity contribution >= 4 is 23.9 Å². The van der Waals surface area contributed by atoms with Crippen LogP contribution in [-0.4, -0.2) is 75.3 Å². The van der Waals surface area contributed by atoms with E-state index in [2.05, 4.69) is 5.32 Å². The van der Waals surface area contributed by atoms with E-state index in [0.717, 1.165) is 0 Å². The van der Waals surface area contributed by atoms with E-state index in [0.29, 0.717) is 16.7 Å². The molecule has 1 aromatic carbocycles. The number of carbonyl (C=O) groups is 4. The van der Waals surface area contributed by atoms with Gasteiger partial charge in [-0.25, -0.2) is 14.0 Å². The average molecular weight is 549 g/mol. The smallest absolute Gasteiger partial charge is 0.410 e. The normalized spacial score (nSPS) is 20.8. The van der Waals surface area contributed by atoms with Gasteiger partial charge < -0.3 is 30.5 Å². The van der Waals surface area contributed by atoms with Crippen molar-refractivity contribution in [2.75, 3.05) is 6.54 Å². The second-order valence-electron chi connectivity index (χ2n) is 10.8. The van der Waals surface area contributed by atoms with Crippen molar-refractivity contribution in [2.24, 2.45) is 5.73 Å². The first-order valence-corrected chi connectivity index (χ1v) is 12.8. The van der Waals surface area contributed by atoms with Gasteiger partial charge in [-0.2, -0.15) is 0 Å². The summed E-state index contributed by atoms with van der Waals surface area (Å²) >= 11 is 0. The molecule has 2 heterocycles. The molecule has 2 aliphatic heterocycles. The lowest BCUT2D eigenvalue weighted by atomic mass is 10.0. The summed E-state index contributed by atoms with van der Waals surface area (Å²) in [6.45, 7) is 8.36. The Kier molecular flexibility index (Phi) is 9.34. The number of halogens is 1. The lowest BCUT2D eigenvalue weighted by molar-refractivity contribution is -0.138. The summed E-state index contributed by atoms with van der Waals surface area (Å²) in [5, 5.41) is 12.7. The molecule has 39 heavy (non-hydrogen) atoms. The van der Waals surface area contributed by atoms with Gasteiger partial charge in [0.05, 0.1) is 19.1 Å². The summed E-state index contributed by atoms with van der Waals surface area (Å²) in [6.07, 6.45) is -2.60. The summed E-state index contributed by atoms with van der Waals surface area (Å²) in [6, 6.07) is 2.38. The Morgan fingerprint density at radius 1 is 1.26 bits per heavy atom. The van der Waals surface area contributed by atoms with Crippen molar-refractivity contribution in [3.05, 3.63) is 46.8 Å². The van der Waals surface area contributed by atoms with Crippen LogP contribution >= 0.6 is 0 Å². The number of ether oxygens (including phenoxy) is 2. The second kappa shape index (κ2) is 12.1. The minimum absolute atomic E-state index is 0.0330. The number of carbonyl (C=O) groups excluding carboxylic acids is 4. The molecule has 1 fully saturated rings. The highest BCUT2D eigenvalue weighted by molar-refractivity contribution is 5.99. The molecule has 12 heteroatoms. The van der Waals surface area contributed by atoms with Crippen molar-refractivity contribution < 1.29 is 38.1 Å². The molecule has 4 N–H and O–H groups in total. The quantitative estimate of drug-likeness (QED) is 0.347. The van der Waals surface area contributed by atoms with Gasteiger partial charge in [0.25, 0.3) is 0 Å². The summed E-state index contributed by atoms with van der Waals surface area (Å²) in [7, 11) is 0.